The van der Waals surface area contributed by atoms with Gasteiger partial charge in [0.1, 0.15) is 6.10 Å². The van der Waals surface area contributed by atoms with Crippen LogP contribution in [-0.4, -0.2) is 55.4 Å². The molecule has 4 rings (SSSR count). The molecule has 10 atom stereocenters. The van der Waals surface area contributed by atoms with E-state index in [-0.39, 0.29) is 66.9 Å². The van der Waals surface area contributed by atoms with E-state index < -0.39 is 0 Å². The maximum Gasteiger partial charge on any atom is 0.410 e. The number of carbonyl (C=O) groups is 1. The van der Waals surface area contributed by atoms with E-state index in [1.165, 1.54) is 51.4 Å². The predicted octanol–water partition coefficient (Wildman–Crippen LogP) is 10.7. The lowest BCUT2D eigenvalue weighted by Crippen LogP contribution is -2.51. The van der Waals surface area contributed by atoms with Gasteiger partial charge in [-0.25, -0.2) is 4.79 Å². The Bertz CT molecular complexity index is 1030. The number of nitrogens with two attached hydrogens (primary N) is 2. The maximum absolute atomic E-state index is 13.6. The first-order valence-electron chi connectivity index (χ1n) is 20.8. The molecule has 0 spiro atoms. The molecule has 1 amide bonds. The van der Waals surface area contributed by atoms with Crippen molar-refractivity contribution >= 4 is 43.3 Å². The summed E-state index contributed by atoms with van der Waals surface area (Å²) >= 11 is 0. The molecular formula is C42H81Cl3N4O2. The van der Waals surface area contributed by atoms with Crippen LogP contribution in [-0.2, 0) is 4.74 Å². The van der Waals surface area contributed by atoms with E-state index in [9.17, 15) is 4.79 Å². The van der Waals surface area contributed by atoms with Gasteiger partial charge in [0.05, 0.1) is 0 Å². The van der Waals surface area contributed by atoms with Crippen LogP contribution in [0.5, 0.6) is 0 Å². The number of rotatable bonds is 19. The standard InChI is InChI=1S/C42H78N4O2.3ClH/c1-8-33(43)21-26-45-25-10-11-27-46(28-22-34(44)9-2)40(47)48-35-19-23-41(6)32(29-35)15-16-36-38-18-17-37(31(5)14-12-13-30(3)4)42(38,7)24-20-39(36)41;;;/h15,30-31,33-39,45H,8-14,16-29,43-44H2,1-7H3;3*1H/t31-,33?,34?,35+,36+,37-,38+,39+,41+,42-;;;/m1.../s1. The molecule has 5 N–H and O–H groups in total. The highest BCUT2D eigenvalue weighted by Crippen LogP contribution is 2.67. The predicted molar refractivity (Wildman–Crippen MR) is 225 cm³/mol. The molecule has 0 heterocycles. The van der Waals surface area contributed by atoms with Crippen LogP contribution < -0.4 is 16.8 Å². The zero-order valence-corrected chi connectivity index (χ0v) is 36.2. The lowest BCUT2D eigenvalue weighted by atomic mass is 9.47. The van der Waals surface area contributed by atoms with E-state index in [1.807, 2.05) is 4.90 Å². The fraction of sp³-hybridized carbons (Fsp3) is 0.929. The van der Waals surface area contributed by atoms with Crippen LogP contribution in [0.4, 0.5) is 4.79 Å². The molecule has 51 heavy (non-hydrogen) atoms. The van der Waals surface area contributed by atoms with Crippen LogP contribution in [0.15, 0.2) is 11.6 Å². The zero-order chi connectivity index (χ0) is 34.9. The summed E-state index contributed by atoms with van der Waals surface area (Å²) in [5.41, 5.74) is 14.7. The Morgan fingerprint density at radius 3 is 2.25 bits per heavy atom. The van der Waals surface area contributed by atoms with Gasteiger partial charge in [-0.1, -0.05) is 79.4 Å². The summed E-state index contributed by atoms with van der Waals surface area (Å²) in [5.74, 6) is 5.09. The SMILES string of the molecule is CCC(N)CCNCCCCN(CCC(N)CC)C(=O)O[C@H]1CC[C@@]2(C)C(=CC[C@H]3[C@@H]4CC[C@H]([C@H](C)CCCC(C)C)[C@@]4(C)CC[C@@H]32)C1.Cl.Cl.Cl. The molecule has 3 fully saturated rings. The number of carbonyl (C=O) groups excluding carboxylic acids is 1. The Balaban J connectivity index is 0.00000433. The van der Waals surface area contributed by atoms with Gasteiger partial charge < -0.3 is 26.4 Å². The quantitative estimate of drug-likeness (QED) is 0.0897. The van der Waals surface area contributed by atoms with Crippen molar-refractivity contribution < 1.29 is 9.53 Å². The topological polar surface area (TPSA) is 93.6 Å². The summed E-state index contributed by atoms with van der Waals surface area (Å²) in [5, 5.41) is 3.52. The molecule has 9 heteroatoms. The summed E-state index contributed by atoms with van der Waals surface area (Å²) < 4.78 is 6.33. The lowest BCUT2D eigenvalue weighted by molar-refractivity contribution is -0.0593. The highest BCUT2D eigenvalue weighted by molar-refractivity contribution is 5.86. The highest BCUT2D eigenvalue weighted by atomic mass is 35.5. The van der Waals surface area contributed by atoms with Crippen molar-refractivity contribution in [1.82, 2.24) is 10.2 Å². The third-order valence-electron chi connectivity index (χ3n) is 14.3. The van der Waals surface area contributed by atoms with Crippen LogP contribution in [0.1, 0.15) is 158 Å². The number of allylic oxidation sites excluding steroid dienone is 1. The Hall–Kier alpha value is -0.240. The third-order valence-corrected chi connectivity index (χ3v) is 14.3. The summed E-state index contributed by atoms with van der Waals surface area (Å²) in [6.45, 7) is 20.2. The van der Waals surface area contributed by atoms with Gasteiger partial charge in [0.15, 0.2) is 0 Å². The van der Waals surface area contributed by atoms with Crippen molar-refractivity contribution in [2.45, 2.75) is 176 Å². The number of halogens is 3. The van der Waals surface area contributed by atoms with E-state index >= 15 is 0 Å². The van der Waals surface area contributed by atoms with Crippen molar-refractivity contribution in [1.29, 1.82) is 0 Å². The Morgan fingerprint density at radius 1 is 0.863 bits per heavy atom. The number of unbranched alkanes of at least 4 members (excludes halogenated alkanes) is 1. The molecule has 0 aliphatic heterocycles. The second kappa shape index (κ2) is 23.0. The van der Waals surface area contributed by atoms with Gasteiger partial charge in [-0.15, -0.1) is 37.2 Å². The molecule has 0 bridgehead atoms. The minimum atomic E-state index is -0.129. The van der Waals surface area contributed by atoms with Crippen molar-refractivity contribution in [3.8, 4) is 0 Å². The number of hydrogen-bond acceptors (Lipinski definition) is 5. The molecule has 0 aromatic rings. The summed E-state index contributed by atoms with van der Waals surface area (Å²) in [4.78, 5) is 15.6. The molecule has 2 unspecified atom stereocenters. The van der Waals surface area contributed by atoms with E-state index in [1.54, 1.807) is 5.57 Å². The van der Waals surface area contributed by atoms with E-state index in [4.69, 9.17) is 16.2 Å². The average molecular weight is 780 g/mol. The van der Waals surface area contributed by atoms with Crippen molar-refractivity contribution in [2.24, 2.45) is 57.8 Å². The van der Waals surface area contributed by atoms with Crippen LogP contribution >= 0.6 is 37.2 Å². The Labute approximate surface area is 333 Å². The molecule has 0 radical (unpaired) electrons. The van der Waals surface area contributed by atoms with Gasteiger partial charge >= 0.3 is 6.09 Å². The molecule has 4 aliphatic carbocycles. The molecule has 0 saturated heterocycles. The summed E-state index contributed by atoms with van der Waals surface area (Å²) in [7, 11) is 0. The van der Waals surface area contributed by atoms with E-state index in [0.29, 0.717) is 12.0 Å². The average Bonchev–Trinajstić information content (AvgIpc) is 3.42. The number of ether oxygens (including phenoxy) is 1. The molecule has 4 aliphatic rings. The molecule has 3 saturated carbocycles. The molecule has 0 aromatic carbocycles. The number of hydrogen-bond donors (Lipinski definition) is 3. The van der Waals surface area contributed by atoms with Crippen molar-refractivity contribution in [2.75, 3.05) is 26.2 Å². The van der Waals surface area contributed by atoms with E-state index in [2.05, 4.69) is 59.9 Å². The molecule has 6 nitrogen and oxygen atoms in total. The number of nitrogens with zero attached hydrogens (tertiary/aromatic N) is 1. The minimum absolute atomic E-state index is 0. The van der Waals surface area contributed by atoms with Crippen LogP contribution in [0.25, 0.3) is 0 Å². The Kier molecular flexibility index (Phi) is 22.0. The summed E-state index contributed by atoms with van der Waals surface area (Å²) in [6.07, 6.45) is 22.5. The normalized spacial score (nSPS) is 31.3. The van der Waals surface area contributed by atoms with Crippen LogP contribution in [0.3, 0.4) is 0 Å². The second-order valence-electron chi connectivity index (χ2n) is 17.9. The Morgan fingerprint density at radius 2 is 1.57 bits per heavy atom. The molecule has 302 valence electrons. The highest BCUT2D eigenvalue weighted by Gasteiger charge is 2.59. The number of nitrogens with one attached hydrogen (secondary N) is 1. The van der Waals surface area contributed by atoms with Gasteiger partial charge in [0.25, 0.3) is 0 Å². The van der Waals surface area contributed by atoms with Crippen molar-refractivity contribution in [3.63, 3.8) is 0 Å². The first kappa shape index (κ1) is 48.8. The smallest absolute Gasteiger partial charge is 0.410 e. The van der Waals surface area contributed by atoms with Gasteiger partial charge in [-0.05, 0) is 143 Å². The van der Waals surface area contributed by atoms with Crippen LogP contribution in [0.2, 0.25) is 0 Å². The lowest BCUT2D eigenvalue weighted by Gasteiger charge is -2.58. The first-order chi connectivity index (χ1) is 22.9. The zero-order valence-electron chi connectivity index (χ0n) is 33.8. The monoisotopic (exact) mass is 779 g/mol. The molecule has 0 aromatic heterocycles. The second-order valence-corrected chi connectivity index (χ2v) is 17.9. The third kappa shape index (κ3) is 12.6. The summed E-state index contributed by atoms with van der Waals surface area (Å²) in [6, 6.07) is 0.409. The van der Waals surface area contributed by atoms with Gasteiger partial charge in [0.2, 0.25) is 0 Å². The van der Waals surface area contributed by atoms with Crippen LogP contribution in [0, 0.1) is 46.3 Å². The van der Waals surface area contributed by atoms with Gasteiger partial charge in [-0.3, -0.25) is 0 Å². The van der Waals surface area contributed by atoms with Crippen molar-refractivity contribution in [3.05, 3.63) is 11.6 Å². The first-order valence-corrected chi connectivity index (χ1v) is 20.8. The maximum atomic E-state index is 13.6. The minimum Gasteiger partial charge on any atom is -0.446 e. The fourth-order valence-electron chi connectivity index (χ4n) is 11.0. The van der Waals surface area contributed by atoms with Gasteiger partial charge in [0, 0.05) is 31.6 Å². The largest absolute Gasteiger partial charge is 0.446 e. The number of amides is 1. The fourth-order valence-corrected chi connectivity index (χ4v) is 11.0. The van der Waals surface area contributed by atoms with Gasteiger partial charge in [-0.2, -0.15) is 0 Å². The molecular weight excluding hydrogens is 699 g/mol. The van der Waals surface area contributed by atoms with E-state index in [0.717, 1.165) is 113 Å². The number of fused-ring (bicyclic) bond motifs is 5.